The maximum atomic E-state index is 12.9. The Labute approximate surface area is 126 Å². The molecule has 0 heterocycles. The van der Waals surface area contributed by atoms with Gasteiger partial charge in [0.15, 0.2) is 0 Å². The Balaban J connectivity index is 2.18. The number of benzene rings is 2. The molecule has 0 amide bonds. The average molecular weight is 296 g/mol. The molecule has 0 bridgehead atoms. The average Bonchev–Trinajstić information content (AvgIpc) is 2.52. The smallest absolute Gasteiger partial charge is 0.128 e. The summed E-state index contributed by atoms with van der Waals surface area (Å²) < 4.78 is 17.9. The van der Waals surface area contributed by atoms with Crippen LogP contribution in [0.5, 0.6) is 5.75 Å². The van der Waals surface area contributed by atoms with Gasteiger partial charge in [-0.3, -0.25) is 0 Å². The first-order valence-corrected chi connectivity index (χ1v) is 6.39. The lowest BCUT2D eigenvalue weighted by molar-refractivity contribution is -0.307. The number of aliphatic carboxylic acids is 1. The molecule has 110 valence electrons. The van der Waals surface area contributed by atoms with Crippen LogP contribution in [-0.2, 0) is 4.79 Å². The van der Waals surface area contributed by atoms with Crippen LogP contribution in [0, 0.1) is 17.1 Å². The van der Waals surface area contributed by atoms with Crippen molar-refractivity contribution in [1.29, 1.82) is 5.26 Å². The van der Waals surface area contributed by atoms with Crippen LogP contribution in [0.25, 0.3) is 11.6 Å². The van der Waals surface area contributed by atoms with Crippen LogP contribution in [0.4, 0.5) is 4.39 Å². The summed E-state index contributed by atoms with van der Waals surface area (Å²) >= 11 is 0. The second-order valence-corrected chi connectivity index (χ2v) is 4.41. The number of ether oxygens (including phenoxy) is 1. The van der Waals surface area contributed by atoms with Crippen molar-refractivity contribution >= 4 is 17.6 Å². The molecular weight excluding hydrogens is 285 g/mol. The second-order valence-electron chi connectivity index (χ2n) is 4.41. The van der Waals surface area contributed by atoms with E-state index >= 15 is 0 Å². The van der Waals surface area contributed by atoms with Gasteiger partial charge in [-0.1, -0.05) is 24.3 Å². The van der Waals surface area contributed by atoms with Crippen LogP contribution in [-0.4, -0.2) is 12.6 Å². The summed E-state index contributed by atoms with van der Waals surface area (Å²) in [5, 5.41) is 19.5. The summed E-state index contributed by atoms with van der Waals surface area (Å²) in [7, 11) is 0. The quantitative estimate of drug-likeness (QED) is 0.625. The number of hydrogen-bond donors (Lipinski definition) is 0. The molecule has 5 heteroatoms. The van der Waals surface area contributed by atoms with Gasteiger partial charge in [-0.2, -0.15) is 5.26 Å². The third-order valence-electron chi connectivity index (χ3n) is 2.82. The predicted molar refractivity (Wildman–Crippen MR) is 76.8 cm³/mol. The molecule has 0 saturated carbocycles. The maximum Gasteiger partial charge on any atom is 0.128 e. The standard InChI is InChI=1S/C17H12FNO3/c18-15-5-3-13(4-6-15)14(10-19)9-12-1-7-16(8-2-12)22-11-17(20)21/h1-9H,11H2,(H,20,21)/p-1/b14-9+. The molecule has 0 aliphatic rings. The molecule has 0 saturated heterocycles. The van der Waals surface area contributed by atoms with Crippen molar-refractivity contribution < 1.29 is 19.0 Å². The highest BCUT2D eigenvalue weighted by Crippen LogP contribution is 2.20. The Morgan fingerprint density at radius 1 is 1.18 bits per heavy atom. The summed E-state index contributed by atoms with van der Waals surface area (Å²) in [6, 6.07) is 14.3. The summed E-state index contributed by atoms with van der Waals surface area (Å²) in [6.07, 6.45) is 1.65. The molecule has 0 unspecified atom stereocenters. The number of rotatable bonds is 5. The van der Waals surface area contributed by atoms with Gasteiger partial charge in [0.1, 0.15) is 18.2 Å². The number of halogens is 1. The number of carboxylic acid groups (broad SMARTS) is 1. The van der Waals surface area contributed by atoms with Gasteiger partial charge in [0.25, 0.3) is 0 Å². The van der Waals surface area contributed by atoms with Crippen molar-refractivity contribution in [1.82, 2.24) is 0 Å². The Morgan fingerprint density at radius 3 is 2.36 bits per heavy atom. The van der Waals surface area contributed by atoms with Gasteiger partial charge >= 0.3 is 0 Å². The zero-order chi connectivity index (χ0) is 15.9. The summed E-state index contributed by atoms with van der Waals surface area (Å²) in [4.78, 5) is 10.3. The van der Waals surface area contributed by atoms with E-state index in [-0.39, 0.29) is 5.82 Å². The van der Waals surface area contributed by atoms with Gasteiger partial charge in [-0.15, -0.1) is 0 Å². The molecule has 0 N–H and O–H groups in total. The van der Waals surface area contributed by atoms with Crippen LogP contribution in [0.1, 0.15) is 11.1 Å². The van der Waals surface area contributed by atoms with Gasteiger partial charge in [0, 0.05) is 0 Å². The van der Waals surface area contributed by atoms with Crippen molar-refractivity contribution in [2.45, 2.75) is 0 Å². The number of carbonyl (C=O) groups is 1. The van der Waals surface area contributed by atoms with Crippen LogP contribution in [0.3, 0.4) is 0 Å². The molecule has 0 atom stereocenters. The number of nitrogens with zero attached hydrogens (tertiary/aromatic N) is 1. The highest BCUT2D eigenvalue weighted by molar-refractivity contribution is 5.89. The van der Waals surface area contributed by atoms with Gasteiger partial charge in [-0.25, -0.2) is 4.39 Å². The topological polar surface area (TPSA) is 73.1 Å². The van der Waals surface area contributed by atoms with E-state index in [0.717, 1.165) is 5.56 Å². The van der Waals surface area contributed by atoms with Crippen LogP contribution in [0.15, 0.2) is 48.5 Å². The highest BCUT2D eigenvalue weighted by Gasteiger charge is 2.02. The number of allylic oxidation sites excluding steroid dienone is 1. The van der Waals surface area contributed by atoms with E-state index in [1.807, 2.05) is 0 Å². The van der Waals surface area contributed by atoms with E-state index in [2.05, 4.69) is 6.07 Å². The van der Waals surface area contributed by atoms with Gasteiger partial charge in [0.05, 0.1) is 17.6 Å². The van der Waals surface area contributed by atoms with Crippen molar-refractivity contribution in [3.8, 4) is 11.8 Å². The molecule has 2 aromatic rings. The molecule has 0 aromatic heterocycles. The molecular formula is C17H11FNO3-. The van der Waals surface area contributed by atoms with Crippen molar-refractivity contribution in [3.63, 3.8) is 0 Å². The van der Waals surface area contributed by atoms with E-state index in [1.54, 1.807) is 30.3 Å². The van der Waals surface area contributed by atoms with Crippen LogP contribution >= 0.6 is 0 Å². The van der Waals surface area contributed by atoms with Gasteiger partial charge in [-0.05, 0) is 41.5 Å². The number of nitriles is 1. The first-order valence-electron chi connectivity index (χ1n) is 6.39. The molecule has 0 spiro atoms. The Kier molecular flexibility index (Phi) is 4.89. The van der Waals surface area contributed by atoms with E-state index < -0.39 is 12.6 Å². The lowest BCUT2D eigenvalue weighted by atomic mass is 10.0. The normalized spacial score (nSPS) is 10.8. The lowest BCUT2D eigenvalue weighted by Crippen LogP contribution is -2.28. The molecule has 0 aliphatic carbocycles. The molecule has 2 rings (SSSR count). The Bertz CT molecular complexity index is 728. The van der Waals surface area contributed by atoms with Crippen LogP contribution < -0.4 is 9.84 Å². The zero-order valence-corrected chi connectivity index (χ0v) is 11.5. The third-order valence-corrected chi connectivity index (χ3v) is 2.82. The fourth-order valence-corrected chi connectivity index (χ4v) is 1.78. The summed E-state index contributed by atoms with van der Waals surface area (Å²) in [5.74, 6) is -1.27. The minimum Gasteiger partial charge on any atom is -0.546 e. The zero-order valence-electron chi connectivity index (χ0n) is 11.5. The highest BCUT2D eigenvalue weighted by atomic mass is 19.1. The molecule has 2 aromatic carbocycles. The first kappa shape index (κ1) is 15.3. The molecule has 22 heavy (non-hydrogen) atoms. The fourth-order valence-electron chi connectivity index (χ4n) is 1.78. The summed E-state index contributed by atoms with van der Waals surface area (Å²) in [6.45, 7) is -0.520. The minimum atomic E-state index is -1.30. The monoisotopic (exact) mass is 296 g/mol. The molecule has 0 radical (unpaired) electrons. The number of carboxylic acids is 1. The van der Waals surface area contributed by atoms with E-state index in [0.29, 0.717) is 16.9 Å². The van der Waals surface area contributed by atoms with Gasteiger partial charge in [0.2, 0.25) is 0 Å². The lowest BCUT2D eigenvalue weighted by Gasteiger charge is -2.06. The van der Waals surface area contributed by atoms with Crippen molar-refractivity contribution in [3.05, 3.63) is 65.5 Å². The fraction of sp³-hybridized carbons (Fsp3) is 0.0588. The van der Waals surface area contributed by atoms with Crippen molar-refractivity contribution in [2.24, 2.45) is 0 Å². The van der Waals surface area contributed by atoms with Crippen LogP contribution in [0.2, 0.25) is 0 Å². The summed E-state index contributed by atoms with van der Waals surface area (Å²) in [5.41, 5.74) is 1.74. The second kappa shape index (κ2) is 7.04. The van der Waals surface area contributed by atoms with E-state index in [9.17, 15) is 19.6 Å². The first-order chi connectivity index (χ1) is 10.6. The van der Waals surface area contributed by atoms with E-state index in [4.69, 9.17) is 4.74 Å². The number of hydrogen-bond acceptors (Lipinski definition) is 4. The molecule has 4 nitrogen and oxygen atoms in total. The Hall–Kier alpha value is -3.13. The Morgan fingerprint density at radius 2 is 1.82 bits per heavy atom. The third kappa shape index (κ3) is 4.18. The maximum absolute atomic E-state index is 12.9. The minimum absolute atomic E-state index is 0.365. The predicted octanol–water partition coefficient (Wildman–Crippen LogP) is 2.02. The number of carbonyl (C=O) groups excluding carboxylic acids is 1. The van der Waals surface area contributed by atoms with E-state index in [1.165, 1.54) is 24.3 Å². The van der Waals surface area contributed by atoms with Crippen molar-refractivity contribution in [2.75, 3.05) is 6.61 Å². The molecule has 0 aliphatic heterocycles. The van der Waals surface area contributed by atoms with Gasteiger partial charge < -0.3 is 14.6 Å². The largest absolute Gasteiger partial charge is 0.546 e. The SMILES string of the molecule is N#C/C(=C\c1ccc(OCC(=O)[O-])cc1)c1ccc(F)cc1. The molecule has 0 fully saturated rings.